The first-order chi connectivity index (χ1) is 5.61. The summed E-state index contributed by atoms with van der Waals surface area (Å²) < 4.78 is 0. The van der Waals surface area contributed by atoms with Crippen molar-refractivity contribution in [2.75, 3.05) is 6.61 Å². The standard InChI is InChI=1S/C10H22O2.Na.H/c1-4-9(3)10(12)6-5-8(2)7-11;;/h8-12H,4-7H2,1-3H3;;. The molecule has 2 N–H and O–H groups in total. The van der Waals surface area contributed by atoms with E-state index in [4.69, 9.17) is 5.11 Å². The fraction of sp³-hybridized carbons (Fsp3) is 1.00. The average molecular weight is 198 g/mol. The molecule has 3 heteroatoms. The molecule has 3 atom stereocenters. The molecule has 0 bridgehead atoms. The van der Waals surface area contributed by atoms with E-state index in [9.17, 15) is 5.11 Å². The van der Waals surface area contributed by atoms with Crippen LogP contribution >= 0.6 is 0 Å². The maximum absolute atomic E-state index is 9.58. The van der Waals surface area contributed by atoms with Crippen molar-refractivity contribution >= 4 is 29.6 Å². The molecule has 0 fully saturated rings. The molecule has 3 unspecified atom stereocenters. The van der Waals surface area contributed by atoms with Crippen LogP contribution < -0.4 is 0 Å². The summed E-state index contributed by atoms with van der Waals surface area (Å²) in [5.74, 6) is 0.708. The van der Waals surface area contributed by atoms with Crippen LogP contribution in [-0.4, -0.2) is 52.5 Å². The van der Waals surface area contributed by atoms with Crippen molar-refractivity contribution in [3.63, 3.8) is 0 Å². The summed E-state index contributed by atoms with van der Waals surface area (Å²) >= 11 is 0. The Morgan fingerprint density at radius 2 is 1.69 bits per heavy atom. The number of rotatable bonds is 6. The van der Waals surface area contributed by atoms with E-state index in [1.165, 1.54) is 0 Å². The Morgan fingerprint density at radius 3 is 2.08 bits per heavy atom. The van der Waals surface area contributed by atoms with Gasteiger partial charge in [-0.3, -0.25) is 0 Å². The summed E-state index contributed by atoms with van der Waals surface area (Å²) in [6.07, 6.45) is 2.57. The van der Waals surface area contributed by atoms with Gasteiger partial charge >= 0.3 is 29.6 Å². The quantitative estimate of drug-likeness (QED) is 0.629. The second kappa shape index (κ2) is 9.47. The predicted octanol–water partition coefficient (Wildman–Crippen LogP) is 1.15. The monoisotopic (exact) mass is 198 g/mol. The molecule has 2 nitrogen and oxygen atoms in total. The van der Waals surface area contributed by atoms with Gasteiger partial charge in [-0.15, -0.1) is 0 Å². The van der Waals surface area contributed by atoms with Crippen molar-refractivity contribution in [1.82, 2.24) is 0 Å². The minimum absolute atomic E-state index is 0. The molecule has 0 saturated carbocycles. The van der Waals surface area contributed by atoms with Gasteiger partial charge in [0.1, 0.15) is 0 Å². The van der Waals surface area contributed by atoms with Gasteiger partial charge in [0, 0.05) is 6.61 Å². The van der Waals surface area contributed by atoms with Gasteiger partial charge in [-0.1, -0.05) is 27.2 Å². The van der Waals surface area contributed by atoms with Crippen LogP contribution in [0.2, 0.25) is 0 Å². The minimum atomic E-state index is -0.191. The van der Waals surface area contributed by atoms with Crippen molar-refractivity contribution in [2.45, 2.75) is 46.1 Å². The Kier molecular flexibility index (Phi) is 11.9. The zero-order valence-corrected chi connectivity index (χ0v) is 8.45. The molecule has 0 aliphatic heterocycles. The van der Waals surface area contributed by atoms with Crippen LogP contribution in [0.1, 0.15) is 40.0 Å². The van der Waals surface area contributed by atoms with Crippen molar-refractivity contribution in [3.8, 4) is 0 Å². The zero-order valence-electron chi connectivity index (χ0n) is 8.45. The molecular formula is C10H23NaO2. The van der Waals surface area contributed by atoms with E-state index in [0.29, 0.717) is 11.8 Å². The van der Waals surface area contributed by atoms with Crippen LogP contribution in [0.25, 0.3) is 0 Å². The first-order valence-electron chi connectivity index (χ1n) is 4.90. The molecule has 0 heterocycles. The first-order valence-corrected chi connectivity index (χ1v) is 4.90. The van der Waals surface area contributed by atoms with E-state index in [1.54, 1.807) is 0 Å². The van der Waals surface area contributed by atoms with E-state index in [2.05, 4.69) is 13.8 Å². The second-order valence-corrected chi connectivity index (χ2v) is 3.82. The average Bonchev–Trinajstić information content (AvgIpc) is 2.11. The van der Waals surface area contributed by atoms with Gasteiger partial charge in [0.15, 0.2) is 0 Å². The van der Waals surface area contributed by atoms with Crippen LogP contribution in [0.5, 0.6) is 0 Å². The van der Waals surface area contributed by atoms with Crippen LogP contribution in [0.15, 0.2) is 0 Å². The van der Waals surface area contributed by atoms with Gasteiger partial charge in [-0.05, 0) is 24.7 Å². The van der Waals surface area contributed by atoms with Gasteiger partial charge in [-0.2, -0.15) is 0 Å². The summed E-state index contributed by atoms with van der Waals surface area (Å²) in [5, 5.41) is 18.3. The third kappa shape index (κ3) is 7.95. The molecule has 0 aliphatic rings. The molecule has 0 radical (unpaired) electrons. The summed E-state index contributed by atoms with van der Waals surface area (Å²) in [4.78, 5) is 0. The Bertz CT molecular complexity index is 109. The van der Waals surface area contributed by atoms with E-state index >= 15 is 0 Å². The normalized spacial score (nSPS) is 17.3. The van der Waals surface area contributed by atoms with Crippen LogP contribution in [-0.2, 0) is 0 Å². The van der Waals surface area contributed by atoms with Gasteiger partial charge in [0.05, 0.1) is 6.10 Å². The Hall–Kier alpha value is 0.920. The van der Waals surface area contributed by atoms with Gasteiger partial charge in [0.2, 0.25) is 0 Å². The summed E-state index contributed by atoms with van der Waals surface area (Å²) in [5.41, 5.74) is 0. The Morgan fingerprint density at radius 1 is 1.15 bits per heavy atom. The Labute approximate surface area is 104 Å². The molecule has 0 aromatic heterocycles. The number of hydrogen-bond acceptors (Lipinski definition) is 2. The van der Waals surface area contributed by atoms with E-state index < -0.39 is 0 Å². The number of aliphatic hydroxyl groups excluding tert-OH is 2. The third-order valence-corrected chi connectivity index (χ3v) is 2.57. The first kappa shape index (κ1) is 16.4. The molecule has 0 aromatic carbocycles. The van der Waals surface area contributed by atoms with Crippen molar-refractivity contribution in [2.24, 2.45) is 11.8 Å². The molecule has 0 rings (SSSR count). The topological polar surface area (TPSA) is 40.5 Å². The van der Waals surface area contributed by atoms with E-state index in [1.807, 2.05) is 6.92 Å². The maximum atomic E-state index is 9.58. The molecule has 0 amide bonds. The summed E-state index contributed by atoms with van der Waals surface area (Å²) in [7, 11) is 0. The summed E-state index contributed by atoms with van der Waals surface area (Å²) in [6.45, 7) is 6.38. The SMILES string of the molecule is CCC(C)C(O)CCC(C)CO.[NaH]. The molecule has 13 heavy (non-hydrogen) atoms. The number of aliphatic hydroxyl groups is 2. The van der Waals surface area contributed by atoms with Crippen LogP contribution in [0.3, 0.4) is 0 Å². The van der Waals surface area contributed by atoms with Crippen molar-refractivity contribution in [1.29, 1.82) is 0 Å². The predicted molar refractivity (Wildman–Crippen MR) is 58.1 cm³/mol. The van der Waals surface area contributed by atoms with Crippen LogP contribution in [0.4, 0.5) is 0 Å². The van der Waals surface area contributed by atoms with Crippen molar-refractivity contribution < 1.29 is 10.2 Å². The van der Waals surface area contributed by atoms with E-state index in [0.717, 1.165) is 19.3 Å². The van der Waals surface area contributed by atoms with Gasteiger partial charge < -0.3 is 10.2 Å². The van der Waals surface area contributed by atoms with E-state index in [-0.39, 0.29) is 42.3 Å². The fourth-order valence-electron chi connectivity index (χ4n) is 1.10. The van der Waals surface area contributed by atoms with Crippen LogP contribution in [0, 0.1) is 11.8 Å². The zero-order chi connectivity index (χ0) is 9.56. The molecule has 0 aromatic rings. The molecule has 0 aliphatic carbocycles. The third-order valence-electron chi connectivity index (χ3n) is 2.57. The molecule has 0 saturated heterocycles. The molecular weight excluding hydrogens is 175 g/mol. The molecule has 0 spiro atoms. The number of hydrogen-bond donors (Lipinski definition) is 2. The van der Waals surface area contributed by atoms with Gasteiger partial charge in [0.25, 0.3) is 0 Å². The molecule has 76 valence electrons. The second-order valence-electron chi connectivity index (χ2n) is 3.82. The van der Waals surface area contributed by atoms with Crippen molar-refractivity contribution in [3.05, 3.63) is 0 Å². The Balaban J connectivity index is 0. The summed E-state index contributed by atoms with van der Waals surface area (Å²) in [6, 6.07) is 0. The van der Waals surface area contributed by atoms with Gasteiger partial charge in [-0.25, -0.2) is 0 Å². The fourth-order valence-corrected chi connectivity index (χ4v) is 1.10.